The van der Waals surface area contributed by atoms with Crippen molar-refractivity contribution in [2.75, 3.05) is 18.9 Å². The molecule has 0 saturated carbocycles. The van der Waals surface area contributed by atoms with Crippen LogP contribution in [0.25, 0.3) is 0 Å². The van der Waals surface area contributed by atoms with E-state index in [0.717, 1.165) is 17.5 Å². The smallest absolute Gasteiger partial charge is 0.256 e. The van der Waals surface area contributed by atoms with Gasteiger partial charge in [-0.05, 0) is 50.5 Å². The Morgan fingerprint density at radius 2 is 2.10 bits per heavy atom. The third-order valence-electron chi connectivity index (χ3n) is 4.09. The number of carbonyl (C=O) groups excluding carboxylic acids is 1. The first-order valence-electron chi connectivity index (χ1n) is 6.90. The molecule has 2 rings (SSSR count). The summed E-state index contributed by atoms with van der Waals surface area (Å²) in [5, 5.41) is 9.46. The number of hydrogen-bond donors (Lipinski definition) is 2. The second-order valence-electron chi connectivity index (χ2n) is 5.44. The number of allylic oxidation sites excluding steroid dienone is 1. The molecule has 4 nitrogen and oxygen atoms in total. The van der Waals surface area contributed by atoms with Crippen molar-refractivity contribution in [3.05, 3.63) is 40.5 Å². The Labute approximate surface area is 119 Å². The summed E-state index contributed by atoms with van der Waals surface area (Å²) in [6.45, 7) is 6.46. The predicted molar refractivity (Wildman–Crippen MR) is 80.6 cm³/mol. The van der Waals surface area contributed by atoms with Gasteiger partial charge in [0.25, 0.3) is 5.91 Å². The zero-order valence-corrected chi connectivity index (χ0v) is 12.3. The van der Waals surface area contributed by atoms with Crippen molar-refractivity contribution < 1.29 is 9.90 Å². The van der Waals surface area contributed by atoms with E-state index in [4.69, 9.17) is 5.73 Å². The molecular weight excluding hydrogens is 252 g/mol. The Balaban J connectivity index is 2.34. The molecule has 0 aliphatic carbocycles. The molecule has 3 N–H and O–H groups in total. The number of rotatable bonds is 2. The molecule has 0 bridgehead atoms. The van der Waals surface area contributed by atoms with E-state index >= 15 is 0 Å². The highest BCUT2D eigenvalue weighted by molar-refractivity contribution is 6.00. The van der Waals surface area contributed by atoms with Crippen molar-refractivity contribution in [3.63, 3.8) is 0 Å². The second-order valence-corrected chi connectivity index (χ2v) is 5.44. The fourth-order valence-corrected chi connectivity index (χ4v) is 2.61. The van der Waals surface area contributed by atoms with Gasteiger partial charge in [-0.25, -0.2) is 0 Å². The summed E-state index contributed by atoms with van der Waals surface area (Å²) in [7, 11) is 0. The van der Waals surface area contributed by atoms with Gasteiger partial charge in [-0.15, -0.1) is 0 Å². The van der Waals surface area contributed by atoms with Gasteiger partial charge in [-0.2, -0.15) is 0 Å². The molecule has 1 aliphatic rings. The van der Waals surface area contributed by atoms with Crippen LogP contribution in [-0.2, 0) is 0 Å². The summed E-state index contributed by atoms with van der Waals surface area (Å²) < 4.78 is 0. The Morgan fingerprint density at radius 1 is 1.45 bits per heavy atom. The van der Waals surface area contributed by atoms with Crippen LogP contribution in [0.15, 0.2) is 23.8 Å². The van der Waals surface area contributed by atoms with E-state index < -0.39 is 0 Å². The van der Waals surface area contributed by atoms with Gasteiger partial charge in [-0.3, -0.25) is 4.79 Å². The number of hydrogen-bond acceptors (Lipinski definition) is 3. The summed E-state index contributed by atoms with van der Waals surface area (Å²) in [6, 6.07) is 3.54. The van der Waals surface area contributed by atoms with Crippen LogP contribution < -0.4 is 5.73 Å². The number of amides is 1. The predicted octanol–water partition coefficient (Wildman–Crippen LogP) is 2.04. The average molecular weight is 274 g/mol. The van der Waals surface area contributed by atoms with Gasteiger partial charge >= 0.3 is 0 Å². The minimum Gasteiger partial charge on any atom is -0.398 e. The number of nitrogen functional groups attached to an aromatic ring is 1. The van der Waals surface area contributed by atoms with Crippen LogP contribution in [0.1, 0.15) is 34.8 Å². The fraction of sp³-hybridized carbons (Fsp3) is 0.438. The third-order valence-corrected chi connectivity index (χ3v) is 4.09. The van der Waals surface area contributed by atoms with Crippen molar-refractivity contribution in [2.24, 2.45) is 0 Å². The molecule has 1 aromatic carbocycles. The van der Waals surface area contributed by atoms with Gasteiger partial charge in [0.2, 0.25) is 0 Å². The molecule has 0 spiro atoms. The van der Waals surface area contributed by atoms with Gasteiger partial charge < -0.3 is 15.7 Å². The van der Waals surface area contributed by atoms with E-state index in [-0.39, 0.29) is 18.6 Å². The minimum absolute atomic E-state index is 0.0200. The number of aryl methyl sites for hydroxylation is 2. The van der Waals surface area contributed by atoms with Crippen LogP contribution in [0.2, 0.25) is 0 Å². The highest BCUT2D eigenvalue weighted by Crippen LogP contribution is 2.27. The number of aliphatic hydroxyl groups is 1. The Bertz CT molecular complexity index is 564. The lowest BCUT2D eigenvalue weighted by Crippen LogP contribution is -2.38. The highest BCUT2D eigenvalue weighted by atomic mass is 16.3. The molecule has 1 fully saturated rings. The minimum atomic E-state index is -0.144. The molecule has 1 amide bonds. The maximum atomic E-state index is 12.7. The molecule has 1 aliphatic heterocycles. The molecule has 108 valence electrons. The van der Waals surface area contributed by atoms with E-state index in [1.807, 2.05) is 39.0 Å². The van der Waals surface area contributed by atoms with E-state index in [1.165, 1.54) is 5.57 Å². The lowest BCUT2D eigenvalue weighted by molar-refractivity contribution is 0.0680. The molecule has 1 atom stereocenters. The molecule has 0 aromatic heterocycles. The second kappa shape index (κ2) is 5.67. The summed E-state index contributed by atoms with van der Waals surface area (Å²) >= 11 is 0. The maximum Gasteiger partial charge on any atom is 0.256 e. The van der Waals surface area contributed by atoms with Crippen LogP contribution in [0.4, 0.5) is 5.69 Å². The highest BCUT2D eigenvalue weighted by Gasteiger charge is 2.32. The first kappa shape index (κ1) is 14.6. The zero-order chi connectivity index (χ0) is 14.9. The lowest BCUT2D eigenvalue weighted by Gasteiger charge is -2.23. The average Bonchev–Trinajstić information content (AvgIpc) is 2.85. The number of aliphatic hydroxyl groups excluding tert-OH is 1. The standard InChI is InChI=1S/C16H22N2O2/c1-4-12-7-13(9-19)18(8-12)16(20)14-5-10(2)11(3)6-15(14)17/h4-6,13,19H,7-9,17H2,1-3H3/b12-4+/t13-/m0/s1. The number of carbonyl (C=O) groups is 1. The molecule has 1 aromatic rings. The van der Waals surface area contributed by atoms with Crippen molar-refractivity contribution in [2.45, 2.75) is 33.2 Å². The lowest BCUT2D eigenvalue weighted by atomic mass is 10.0. The Morgan fingerprint density at radius 3 is 2.70 bits per heavy atom. The molecule has 1 saturated heterocycles. The maximum absolute atomic E-state index is 12.7. The van der Waals surface area contributed by atoms with E-state index in [2.05, 4.69) is 0 Å². The van der Waals surface area contributed by atoms with Crippen molar-refractivity contribution in [1.82, 2.24) is 4.90 Å². The molecule has 0 unspecified atom stereocenters. The van der Waals surface area contributed by atoms with E-state index in [0.29, 0.717) is 17.8 Å². The van der Waals surface area contributed by atoms with Crippen LogP contribution in [0.5, 0.6) is 0 Å². The molecule has 0 radical (unpaired) electrons. The summed E-state index contributed by atoms with van der Waals surface area (Å²) in [6.07, 6.45) is 2.75. The summed E-state index contributed by atoms with van der Waals surface area (Å²) in [5.74, 6) is -0.0958. The third kappa shape index (κ3) is 2.56. The number of nitrogens with zero attached hydrogens (tertiary/aromatic N) is 1. The summed E-state index contributed by atoms with van der Waals surface area (Å²) in [4.78, 5) is 14.4. The SMILES string of the molecule is C/C=C1\C[C@@H](CO)N(C(=O)c2cc(C)c(C)cc2N)C1. The first-order chi connectivity index (χ1) is 9.47. The quantitative estimate of drug-likeness (QED) is 0.640. The van der Waals surface area contributed by atoms with Crippen LogP contribution in [0, 0.1) is 13.8 Å². The molecule has 20 heavy (non-hydrogen) atoms. The van der Waals surface area contributed by atoms with E-state index in [1.54, 1.807) is 4.90 Å². The Hall–Kier alpha value is -1.81. The molecule has 4 heteroatoms. The number of anilines is 1. The van der Waals surface area contributed by atoms with Gasteiger partial charge in [-0.1, -0.05) is 11.6 Å². The number of likely N-dealkylation sites (tertiary alicyclic amines) is 1. The van der Waals surface area contributed by atoms with Crippen LogP contribution in [-0.4, -0.2) is 35.1 Å². The van der Waals surface area contributed by atoms with Crippen LogP contribution >= 0.6 is 0 Å². The Kier molecular flexibility index (Phi) is 4.14. The van der Waals surface area contributed by atoms with Crippen molar-refractivity contribution in [1.29, 1.82) is 0 Å². The van der Waals surface area contributed by atoms with Crippen molar-refractivity contribution in [3.8, 4) is 0 Å². The summed E-state index contributed by atoms with van der Waals surface area (Å²) in [5.41, 5.74) is 10.3. The van der Waals surface area contributed by atoms with Crippen molar-refractivity contribution >= 4 is 11.6 Å². The van der Waals surface area contributed by atoms with Gasteiger partial charge in [0.05, 0.1) is 18.2 Å². The topological polar surface area (TPSA) is 66.6 Å². The van der Waals surface area contributed by atoms with Gasteiger partial charge in [0.1, 0.15) is 0 Å². The molecular formula is C16H22N2O2. The molecule has 1 heterocycles. The van der Waals surface area contributed by atoms with Gasteiger partial charge in [0, 0.05) is 12.2 Å². The zero-order valence-electron chi connectivity index (χ0n) is 12.3. The number of nitrogens with two attached hydrogens (primary N) is 1. The largest absolute Gasteiger partial charge is 0.398 e. The normalized spacial score (nSPS) is 20.7. The number of benzene rings is 1. The monoisotopic (exact) mass is 274 g/mol. The van der Waals surface area contributed by atoms with Gasteiger partial charge in [0.15, 0.2) is 0 Å². The first-order valence-corrected chi connectivity index (χ1v) is 6.90. The fourth-order valence-electron chi connectivity index (χ4n) is 2.61. The van der Waals surface area contributed by atoms with E-state index in [9.17, 15) is 9.90 Å². The van der Waals surface area contributed by atoms with Crippen LogP contribution in [0.3, 0.4) is 0 Å².